The first-order valence-corrected chi connectivity index (χ1v) is 12.3. The maximum atomic E-state index is 12.8. The van der Waals surface area contributed by atoms with E-state index >= 15 is 0 Å². The minimum Gasteiger partial charge on any atom is -0.193 e. The summed E-state index contributed by atoms with van der Waals surface area (Å²) in [6.07, 6.45) is 18.3. The molecule has 0 saturated heterocycles. The van der Waals surface area contributed by atoms with Gasteiger partial charge in [-0.1, -0.05) is 68.9 Å². The van der Waals surface area contributed by atoms with Crippen LogP contribution >= 0.6 is 0 Å². The van der Waals surface area contributed by atoms with Gasteiger partial charge in [0.05, 0.1) is 11.6 Å². The van der Waals surface area contributed by atoms with Crippen LogP contribution in [0.5, 0.6) is 0 Å². The van der Waals surface area contributed by atoms with Crippen molar-refractivity contribution in [2.24, 2.45) is 17.8 Å². The highest BCUT2D eigenvalue weighted by atomic mass is 19.4. The minimum atomic E-state index is -4.25. The Morgan fingerprint density at radius 2 is 1.31 bits per heavy atom. The van der Waals surface area contributed by atoms with Gasteiger partial charge in [-0.2, -0.15) is 18.4 Å². The molecule has 4 heteroatoms. The molecule has 0 atom stereocenters. The molecule has 2 aliphatic carbocycles. The zero-order valence-corrected chi connectivity index (χ0v) is 19.0. The van der Waals surface area contributed by atoms with Gasteiger partial charge in [0, 0.05) is 6.08 Å². The predicted octanol–water partition coefficient (Wildman–Crippen LogP) is 8.98. The largest absolute Gasteiger partial charge is 0.416 e. The van der Waals surface area contributed by atoms with Crippen LogP contribution in [0.2, 0.25) is 0 Å². The van der Waals surface area contributed by atoms with Gasteiger partial charge >= 0.3 is 6.18 Å². The van der Waals surface area contributed by atoms with Crippen molar-refractivity contribution in [1.82, 2.24) is 0 Å². The molecule has 0 heterocycles. The third kappa shape index (κ3) is 7.84. The van der Waals surface area contributed by atoms with E-state index in [0.29, 0.717) is 5.92 Å². The Kier molecular flexibility index (Phi) is 9.45. The predicted molar refractivity (Wildman–Crippen MR) is 124 cm³/mol. The molecule has 0 spiro atoms. The van der Waals surface area contributed by atoms with E-state index in [2.05, 4.69) is 6.08 Å². The Labute approximate surface area is 191 Å². The zero-order chi connectivity index (χ0) is 22.8. The number of hydrogen-bond acceptors (Lipinski definition) is 1. The fraction of sp³-hybridized carbons (Fsp3) is 0.607. The van der Waals surface area contributed by atoms with Crippen molar-refractivity contribution < 1.29 is 13.2 Å². The number of nitrogens with zero attached hydrogens (tertiary/aromatic N) is 1. The topological polar surface area (TPSA) is 23.8 Å². The molecule has 0 unspecified atom stereocenters. The van der Waals surface area contributed by atoms with Crippen LogP contribution < -0.4 is 0 Å². The highest BCUT2D eigenvalue weighted by Gasteiger charge is 2.31. The number of benzene rings is 1. The summed E-state index contributed by atoms with van der Waals surface area (Å²) in [4.78, 5) is 0. The van der Waals surface area contributed by atoms with Gasteiger partial charge in [-0.3, -0.25) is 0 Å². The van der Waals surface area contributed by atoms with Crippen LogP contribution in [-0.4, -0.2) is 0 Å². The molecule has 2 aliphatic rings. The average molecular weight is 444 g/mol. The second-order valence-electron chi connectivity index (χ2n) is 9.80. The number of halogens is 3. The lowest BCUT2D eigenvalue weighted by molar-refractivity contribution is -0.137. The molecule has 0 radical (unpaired) electrons. The zero-order valence-electron chi connectivity index (χ0n) is 19.0. The fourth-order valence-electron chi connectivity index (χ4n) is 5.61. The summed E-state index contributed by atoms with van der Waals surface area (Å²) in [5.41, 5.74) is 0.527. The fourth-order valence-corrected chi connectivity index (χ4v) is 5.61. The molecular formula is C28H36F3N. The van der Waals surface area contributed by atoms with E-state index in [-0.39, 0.29) is 0 Å². The van der Waals surface area contributed by atoms with E-state index in [4.69, 9.17) is 5.26 Å². The number of rotatable bonds is 8. The van der Waals surface area contributed by atoms with E-state index in [1.54, 1.807) is 18.2 Å². The smallest absolute Gasteiger partial charge is 0.193 e. The van der Waals surface area contributed by atoms with Crippen LogP contribution in [-0.2, 0) is 6.18 Å². The van der Waals surface area contributed by atoms with Gasteiger partial charge in [0.25, 0.3) is 0 Å². The second-order valence-corrected chi connectivity index (χ2v) is 9.80. The van der Waals surface area contributed by atoms with Crippen molar-refractivity contribution in [2.45, 2.75) is 89.1 Å². The summed E-state index contributed by atoms with van der Waals surface area (Å²) < 4.78 is 38.3. The standard InChI is InChI=1S/C28H36F3N/c29-28(30,31)27-19-17-26(18-20-27)25-15-13-24(14-16-25)12-11-23-9-7-22(8-10-23)6-4-2-1-3-5-21-32/h1-3,5,17-20,22-25H,4,6-16H2/b2-1+,5-3+/t22-,23-,24-,25-. The maximum absolute atomic E-state index is 12.8. The SMILES string of the molecule is N#C/C=C/C=C/CC[C@H]1CC[C@H](CC[C@H]2CC[C@H](c3ccc(C(F)(F)F)cc3)CC2)CC1. The number of allylic oxidation sites excluding steroid dienone is 4. The van der Waals surface area contributed by atoms with Crippen molar-refractivity contribution in [3.63, 3.8) is 0 Å². The molecule has 2 fully saturated rings. The van der Waals surface area contributed by atoms with E-state index in [0.717, 1.165) is 42.6 Å². The summed E-state index contributed by atoms with van der Waals surface area (Å²) in [7, 11) is 0. The molecular weight excluding hydrogens is 407 g/mol. The van der Waals surface area contributed by atoms with Gasteiger partial charge in [0.15, 0.2) is 0 Å². The monoisotopic (exact) mass is 443 g/mol. The minimum absolute atomic E-state index is 0.424. The highest BCUT2D eigenvalue weighted by Crippen LogP contribution is 2.41. The van der Waals surface area contributed by atoms with Gasteiger partial charge in [-0.05, 0) is 79.9 Å². The Morgan fingerprint density at radius 3 is 1.84 bits per heavy atom. The maximum Gasteiger partial charge on any atom is 0.416 e. The molecule has 0 aromatic heterocycles. The van der Waals surface area contributed by atoms with Crippen LogP contribution in [0.25, 0.3) is 0 Å². The lowest BCUT2D eigenvalue weighted by Gasteiger charge is -2.32. The van der Waals surface area contributed by atoms with E-state index in [9.17, 15) is 13.2 Å². The first kappa shape index (κ1) is 24.6. The Bertz CT molecular complexity index is 768. The van der Waals surface area contributed by atoms with Crippen molar-refractivity contribution in [2.75, 3.05) is 0 Å². The van der Waals surface area contributed by atoms with Gasteiger partial charge in [0.1, 0.15) is 0 Å². The molecule has 1 aromatic rings. The van der Waals surface area contributed by atoms with Crippen LogP contribution in [0, 0.1) is 29.1 Å². The third-order valence-electron chi connectivity index (χ3n) is 7.67. The summed E-state index contributed by atoms with van der Waals surface area (Å²) >= 11 is 0. The van der Waals surface area contributed by atoms with Gasteiger partial charge in [-0.25, -0.2) is 0 Å². The Hall–Kier alpha value is -2.02. The van der Waals surface area contributed by atoms with E-state index in [1.165, 1.54) is 76.0 Å². The molecule has 0 N–H and O–H groups in total. The lowest BCUT2D eigenvalue weighted by atomic mass is 9.74. The Balaban J connectivity index is 1.30. The van der Waals surface area contributed by atoms with Crippen molar-refractivity contribution in [3.8, 4) is 6.07 Å². The van der Waals surface area contributed by atoms with Crippen LogP contribution in [0.15, 0.2) is 48.6 Å². The number of alkyl halides is 3. The second kappa shape index (κ2) is 12.3. The molecule has 1 nitrogen and oxygen atoms in total. The van der Waals surface area contributed by atoms with Crippen molar-refractivity contribution in [3.05, 3.63) is 59.7 Å². The van der Waals surface area contributed by atoms with Crippen molar-refractivity contribution in [1.29, 1.82) is 5.26 Å². The molecule has 174 valence electrons. The quantitative estimate of drug-likeness (QED) is 0.290. The third-order valence-corrected chi connectivity index (χ3v) is 7.67. The van der Waals surface area contributed by atoms with Crippen LogP contribution in [0.4, 0.5) is 13.2 Å². The Morgan fingerprint density at radius 1 is 0.781 bits per heavy atom. The van der Waals surface area contributed by atoms with Crippen LogP contribution in [0.1, 0.15) is 94.1 Å². The van der Waals surface area contributed by atoms with Gasteiger partial charge in [0.2, 0.25) is 0 Å². The first-order chi connectivity index (χ1) is 15.5. The van der Waals surface area contributed by atoms with Crippen molar-refractivity contribution >= 4 is 0 Å². The molecule has 3 rings (SSSR count). The lowest BCUT2D eigenvalue weighted by Crippen LogP contribution is -2.18. The first-order valence-electron chi connectivity index (χ1n) is 12.3. The van der Waals surface area contributed by atoms with Crippen LogP contribution in [0.3, 0.4) is 0 Å². The molecule has 0 amide bonds. The highest BCUT2D eigenvalue weighted by molar-refractivity contribution is 5.27. The van der Waals surface area contributed by atoms with E-state index < -0.39 is 11.7 Å². The van der Waals surface area contributed by atoms with E-state index in [1.807, 2.05) is 12.1 Å². The summed E-state index contributed by atoms with van der Waals surface area (Å²) in [6, 6.07) is 7.84. The molecule has 1 aromatic carbocycles. The average Bonchev–Trinajstić information content (AvgIpc) is 2.81. The summed E-state index contributed by atoms with van der Waals surface area (Å²) in [5.74, 6) is 2.96. The number of nitriles is 1. The summed E-state index contributed by atoms with van der Waals surface area (Å²) in [6.45, 7) is 0. The normalized spacial score (nSPS) is 27.1. The van der Waals surface area contributed by atoms with Gasteiger partial charge < -0.3 is 0 Å². The molecule has 0 aliphatic heterocycles. The number of hydrogen-bond donors (Lipinski definition) is 0. The molecule has 32 heavy (non-hydrogen) atoms. The molecule has 0 bridgehead atoms. The summed E-state index contributed by atoms with van der Waals surface area (Å²) in [5, 5.41) is 8.47. The molecule has 2 saturated carbocycles. The van der Waals surface area contributed by atoms with Gasteiger partial charge in [-0.15, -0.1) is 0 Å².